The summed E-state index contributed by atoms with van der Waals surface area (Å²) in [4.78, 5) is 31.0. The zero-order valence-corrected chi connectivity index (χ0v) is 16.6. The third-order valence-corrected chi connectivity index (χ3v) is 5.11. The van der Waals surface area contributed by atoms with Crippen LogP contribution in [0.1, 0.15) is 27.3 Å². The Morgan fingerprint density at radius 3 is 2.68 bits per heavy atom. The van der Waals surface area contributed by atoms with Gasteiger partial charge >= 0.3 is 0 Å². The molecule has 1 aliphatic heterocycles. The normalized spacial score (nSPS) is 14.5. The number of hydrogen-bond donors (Lipinski definition) is 2. The minimum Gasteiger partial charge on any atom is -0.497 e. The number of carbonyl (C=O) groups is 2. The average Bonchev–Trinajstić information content (AvgIpc) is 3.20. The maximum Gasteiger partial charge on any atom is 0.270 e. The van der Waals surface area contributed by atoms with Crippen LogP contribution in [0.15, 0.2) is 29.6 Å². The van der Waals surface area contributed by atoms with Gasteiger partial charge in [-0.1, -0.05) is 0 Å². The van der Waals surface area contributed by atoms with Gasteiger partial charge in [0.2, 0.25) is 0 Å². The summed E-state index contributed by atoms with van der Waals surface area (Å²) in [5.74, 6) is 0.163. The molecule has 2 amide bonds. The quantitative estimate of drug-likeness (QED) is 0.653. The molecule has 1 aliphatic rings. The number of aromatic nitrogens is 1. The summed E-state index contributed by atoms with van der Waals surface area (Å²) in [5.41, 5.74) is 0.798. The highest BCUT2D eigenvalue weighted by molar-refractivity contribution is 7.14. The molecule has 1 aromatic heterocycles. The zero-order chi connectivity index (χ0) is 19.8. The Kier molecular flexibility index (Phi) is 7.35. The van der Waals surface area contributed by atoms with Crippen LogP contribution in [-0.2, 0) is 4.74 Å². The molecule has 1 aromatic carbocycles. The Balaban J connectivity index is 1.43. The van der Waals surface area contributed by atoms with E-state index in [1.54, 1.807) is 36.8 Å². The first-order valence-corrected chi connectivity index (χ1v) is 10.0. The van der Waals surface area contributed by atoms with Gasteiger partial charge in [0.15, 0.2) is 5.13 Å². The minimum absolute atomic E-state index is 0.233. The highest BCUT2D eigenvalue weighted by atomic mass is 32.1. The molecule has 2 heterocycles. The molecule has 0 saturated carbocycles. The van der Waals surface area contributed by atoms with Crippen molar-refractivity contribution in [3.05, 3.63) is 40.9 Å². The van der Waals surface area contributed by atoms with Crippen LogP contribution >= 0.6 is 11.3 Å². The van der Waals surface area contributed by atoms with E-state index in [-0.39, 0.29) is 11.8 Å². The van der Waals surface area contributed by atoms with E-state index in [1.165, 1.54) is 11.3 Å². The van der Waals surface area contributed by atoms with E-state index in [4.69, 9.17) is 9.47 Å². The first-order chi connectivity index (χ1) is 13.7. The SMILES string of the molecule is COc1ccc(C(=O)Nc2nc(C(=O)NCCCN3CCOCC3)cs2)cc1. The predicted molar refractivity (Wildman–Crippen MR) is 107 cm³/mol. The van der Waals surface area contributed by atoms with Crippen LogP contribution in [0.3, 0.4) is 0 Å². The summed E-state index contributed by atoms with van der Waals surface area (Å²) in [6.07, 6.45) is 0.872. The fourth-order valence-electron chi connectivity index (χ4n) is 2.77. The number of amides is 2. The maximum atomic E-state index is 12.3. The number of carbonyl (C=O) groups excluding carboxylic acids is 2. The van der Waals surface area contributed by atoms with Gasteiger partial charge in [-0.2, -0.15) is 0 Å². The van der Waals surface area contributed by atoms with Gasteiger partial charge in [0, 0.05) is 30.6 Å². The first kappa shape index (κ1) is 20.2. The van der Waals surface area contributed by atoms with Crippen molar-refractivity contribution in [3.63, 3.8) is 0 Å². The van der Waals surface area contributed by atoms with E-state index in [0.29, 0.717) is 28.7 Å². The molecule has 2 N–H and O–H groups in total. The lowest BCUT2D eigenvalue weighted by Crippen LogP contribution is -2.38. The van der Waals surface area contributed by atoms with Crippen molar-refractivity contribution >= 4 is 28.3 Å². The van der Waals surface area contributed by atoms with E-state index < -0.39 is 0 Å². The standard InChI is InChI=1S/C19H24N4O4S/c1-26-15-5-3-14(4-6-15)17(24)22-19-21-16(13-28-19)18(25)20-7-2-8-23-9-11-27-12-10-23/h3-6,13H,2,7-12H2,1H3,(H,20,25)(H,21,22,24). The number of nitrogens with zero attached hydrogens (tertiary/aromatic N) is 2. The molecular weight excluding hydrogens is 380 g/mol. The summed E-state index contributed by atoms with van der Waals surface area (Å²) in [5, 5.41) is 7.61. The Morgan fingerprint density at radius 2 is 1.96 bits per heavy atom. The molecule has 0 unspecified atom stereocenters. The van der Waals surface area contributed by atoms with Gasteiger partial charge in [-0.05, 0) is 37.2 Å². The van der Waals surface area contributed by atoms with E-state index in [9.17, 15) is 9.59 Å². The van der Waals surface area contributed by atoms with Gasteiger partial charge in [-0.25, -0.2) is 4.98 Å². The number of anilines is 1. The fraction of sp³-hybridized carbons (Fsp3) is 0.421. The molecule has 0 atom stereocenters. The smallest absolute Gasteiger partial charge is 0.270 e. The number of nitrogens with one attached hydrogen (secondary N) is 2. The van der Waals surface area contributed by atoms with Gasteiger partial charge in [-0.3, -0.25) is 19.8 Å². The number of hydrogen-bond acceptors (Lipinski definition) is 7. The Morgan fingerprint density at radius 1 is 1.21 bits per heavy atom. The number of benzene rings is 1. The van der Waals surface area contributed by atoms with E-state index >= 15 is 0 Å². The number of ether oxygens (including phenoxy) is 2. The molecule has 0 aliphatic carbocycles. The topological polar surface area (TPSA) is 92.8 Å². The first-order valence-electron chi connectivity index (χ1n) is 9.15. The number of thiazole rings is 1. The highest BCUT2D eigenvalue weighted by Crippen LogP contribution is 2.18. The lowest BCUT2D eigenvalue weighted by atomic mass is 10.2. The van der Waals surface area contributed by atoms with Crippen molar-refractivity contribution in [1.82, 2.24) is 15.2 Å². The monoisotopic (exact) mass is 404 g/mol. The lowest BCUT2D eigenvalue weighted by Gasteiger charge is -2.26. The highest BCUT2D eigenvalue weighted by Gasteiger charge is 2.14. The largest absolute Gasteiger partial charge is 0.497 e. The summed E-state index contributed by atoms with van der Waals surface area (Å²) >= 11 is 1.22. The Hall–Kier alpha value is -2.49. The molecule has 28 heavy (non-hydrogen) atoms. The van der Waals surface area contributed by atoms with Crippen LogP contribution in [0, 0.1) is 0 Å². The molecule has 150 valence electrons. The molecule has 8 nitrogen and oxygen atoms in total. The molecule has 1 fully saturated rings. The van der Waals surface area contributed by atoms with Crippen LogP contribution in [-0.4, -0.2) is 68.2 Å². The van der Waals surface area contributed by atoms with E-state index in [2.05, 4.69) is 20.5 Å². The second kappa shape index (κ2) is 10.2. The Bertz CT molecular complexity index is 787. The van der Waals surface area contributed by atoms with Crippen molar-refractivity contribution in [1.29, 1.82) is 0 Å². The van der Waals surface area contributed by atoms with Crippen LogP contribution in [0.4, 0.5) is 5.13 Å². The molecule has 2 aromatic rings. The van der Waals surface area contributed by atoms with Gasteiger partial charge < -0.3 is 14.8 Å². The van der Waals surface area contributed by atoms with Crippen LogP contribution in [0.5, 0.6) is 5.75 Å². The van der Waals surface area contributed by atoms with Crippen LogP contribution in [0.2, 0.25) is 0 Å². The number of rotatable bonds is 8. The van der Waals surface area contributed by atoms with Gasteiger partial charge in [0.05, 0.1) is 20.3 Å². The lowest BCUT2D eigenvalue weighted by molar-refractivity contribution is 0.0374. The average molecular weight is 404 g/mol. The predicted octanol–water partition coefficient (Wildman–Crippen LogP) is 1.86. The third-order valence-electron chi connectivity index (χ3n) is 4.35. The number of methoxy groups -OCH3 is 1. The summed E-state index contributed by atoms with van der Waals surface area (Å²) in [6.45, 7) is 4.95. The second-order valence-electron chi connectivity index (χ2n) is 6.28. The summed E-state index contributed by atoms with van der Waals surface area (Å²) in [6, 6.07) is 6.77. The maximum absolute atomic E-state index is 12.3. The molecule has 0 bridgehead atoms. The van der Waals surface area contributed by atoms with Crippen LogP contribution in [0.25, 0.3) is 0 Å². The van der Waals surface area contributed by atoms with Crippen molar-refractivity contribution in [2.75, 3.05) is 51.8 Å². The molecule has 0 spiro atoms. The molecule has 1 saturated heterocycles. The molecule has 0 radical (unpaired) electrons. The van der Waals surface area contributed by atoms with Crippen molar-refractivity contribution < 1.29 is 19.1 Å². The van der Waals surface area contributed by atoms with Gasteiger partial charge in [0.25, 0.3) is 11.8 Å². The second-order valence-corrected chi connectivity index (χ2v) is 7.14. The Labute approximate surface area is 167 Å². The minimum atomic E-state index is -0.283. The summed E-state index contributed by atoms with van der Waals surface area (Å²) in [7, 11) is 1.57. The van der Waals surface area contributed by atoms with Crippen LogP contribution < -0.4 is 15.4 Å². The van der Waals surface area contributed by atoms with Gasteiger partial charge in [0.1, 0.15) is 11.4 Å². The molecule has 9 heteroatoms. The van der Waals surface area contributed by atoms with Crippen molar-refractivity contribution in [3.8, 4) is 5.75 Å². The van der Waals surface area contributed by atoms with E-state index in [1.807, 2.05) is 0 Å². The van der Waals surface area contributed by atoms with Gasteiger partial charge in [-0.15, -0.1) is 11.3 Å². The molecule has 3 rings (SSSR count). The van der Waals surface area contributed by atoms with E-state index in [0.717, 1.165) is 39.3 Å². The summed E-state index contributed by atoms with van der Waals surface area (Å²) < 4.78 is 10.4. The third kappa shape index (κ3) is 5.75. The molecular formula is C19H24N4O4S. The van der Waals surface area contributed by atoms with Crippen molar-refractivity contribution in [2.45, 2.75) is 6.42 Å². The van der Waals surface area contributed by atoms with Crippen molar-refractivity contribution in [2.24, 2.45) is 0 Å². The fourth-order valence-corrected chi connectivity index (χ4v) is 3.45. The number of morpholine rings is 1. The zero-order valence-electron chi connectivity index (χ0n) is 15.8.